The van der Waals surface area contributed by atoms with Crippen molar-refractivity contribution < 1.29 is 9.53 Å². The van der Waals surface area contributed by atoms with Gasteiger partial charge in [-0.15, -0.1) is 0 Å². The number of hydrogen-bond donors (Lipinski definition) is 2. The Morgan fingerprint density at radius 2 is 1.80 bits per heavy atom. The van der Waals surface area contributed by atoms with E-state index in [-0.39, 0.29) is 18.2 Å². The highest BCUT2D eigenvalue weighted by Gasteiger charge is 2.31. The van der Waals surface area contributed by atoms with Crippen molar-refractivity contribution in [2.24, 2.45) is 0 Å². The molecule has 3 rings (SSSR count). The monoisotopic (exact) mass is 402 g/mol. The summed E-state index contributed by atoms with van der Waals surface area (Å²) in [6.45, 7) is 2.47. The summed E-state index contributed by atoms with van der Waals surface area (Å²) < 4.78 is 6.38. The number of hydrogen-bond acceptors (Lipinski definition) is 3. The molecule has 1 aliphatic rings. The van der Waals surface area contributed by atoms with E-state index < -0.39 is 0 Å². The van der Waals surface area contributed by atoms with Gasteiger partial charge < -0.3 is 15.4 Å². The van der Waals surface area contributed by atoms with Crippen LogP contribution in [0.2, 0.25) is 0 Å². The van der Waals surface area contributed by atoms with Gasteiger partial charge in [0.1, 0.15) is 6.61 Å². The number of halogens is 1. The fraction of sp³-hybridized carbons (Fsp3) is 0.350. The lowest BCUT2D eigenvalue weighted by Gasteiger charge is -2.38. The van der Waals surface area contributed by atoms with E-state index in [4.69, 9.17) is 4.74 Å². The Hall–Kier alpha value is -1.85. The van der Waals surface area contributed by atoms with E-state index in [1.54, 1.807) is 0 Å². The fourth-order valence-electron chi connectivity index (χ4n) is 3.07. The molecule has 4 nitrogen and oxygen atoms in total. The summed E-state index contributed by atoms with van der Waals surface area (Å²) >= 11 is 3.59. The second-order valence-corrected chi connectivity index (χ2v) is 7.34. The van der Waals surface area contributed by atoms with Crippen molar-refractivity contribution in [2.45, 2.75) is 44.5 Å². The van der Waals surface area contributed by atoms with Gasteiger partial charge in [0, 0.05) is 22.6 Å². The van der Waals surface area contributed by atoms with Gasteiger partial charge in [0.05, 0.1) is 0 Å². The first kappa shape index (κ1) is 18.0. The third-order valence-electron chi connectivity index (χ3n) is 4.53. The molecular weight excluding hydrogens is 380 g/mol. The van der Waals surface area contributed by atoms with Crippen molar-refractivity contribution in [1.82, 2.24) is 10.6 Å². The van der Waals surface area contributed by atoms with Gasteiger partial charge in [0.2, 0.25) is 0 Å². The zero-order chi connectivity index (χ0) is 17.6. The molecule has 0 heterocycles. The quantitative estimate of drug-likeness (QED) is 0.744. The first-order valence-corrected chi connectivity index (χ1v) is 9.39. The maximum atomic E-state index is 11.9. The average molecular weight is 403 g/mol. The lowest BCUT2D eigenvalue weighted by molar-refractivity contribution is 0.124. The molecule has 1 fully saturated rings. The SMILES string of the molecule is CC(NC1CC(NC(=O)OCc2ccccc2)C1)c1ccccc1Br. The zero-order valence-corrected chi connectivity index (χ0v) is 15.8. The number of ether oxygens (including phenoxy) is 1. The zero-order valence-electron chi connectivity index (χ0n) is 14.2. The standard InChI is InChI=1S/C20H23BrN2O2/c1-14(18-9-5-6-10-19(18)21)22-16-11-17(12-16)23-20(24)25-13-15-7-3-2-4-8-15/h2-10,14,16-17,22H,11-13H2,1H3,(H,23,24). The number of alkyl carbamates (subject to hydrolysis) is 1. The number of nitrogens with one attached hydrogen (secondary N) is 2. The van der Waals surface area contributed by atoms with Gasteiger partial charge >= 0.3 is 6.09 Å². The van der Waals surface area contributed by atoms with Crippen molar-refractivity contribution >= 4 is 22.0 Å². The molecule has 0 bridgehead atoms. The van der Waals surface area contributed by atoms with E-state index in [1.807, 2.05) is 42.5 Å². The molecule has 1 amide bonds. The van der Waals surface area contributed by atoms with Crippen LogP contribution in [0.1, 0.15) is 36.9 Å². The molecule has 132 valence electrons. The molecule has 0 aliphatic heterocycles. The molecule has 1 atom stereocenters. The summed E-state index contributed by atoms with van der Waals surface area (Å²) in [6.07, 6.45) is 1.51. The van der Waals surface area contributed by atoms with E-state index in [0.717, 1.165) is 22.9 Å². The van der Waals surface area contributed by atoms with Gasteiger partial charge in [0.15, 0.2) is 0 Å². The van der Waals surface area contributed by atoms with Crippen molar-refractivity contribution in [3.05, 3.63) is 70.2 Å². The predicted molar refractivity (Wildman–Crippen MR) is 102 cm³/mol. The van der Waals surface area contributed by atoms with Crippen LogP contribution in [-0.2, 0) is 11.3 Å². The molecular formula is C20H23BrN2O2. The molecule has 25 heavy (non-hydrogen) atoms. The Kier molecular flexibility index (Phi) is 6.10. The minimum atomic E-state index is -0.342. The van der Waals surface area contributed by atoms with Crippen LogP contribution in [0.15, 0.2) is 59.1 Å². The molecule has 0 radical (unpaired) electrons. The third-order valence-corrected chi connectivity index (χ3v) is 5.25. The summed E-state index contributed by atoms with van der Waals surface area (Å²) in [5, 5.41) is 6.54. The first-order chi connectivity index (χ1) is 12.1. The van der Waals surface area contributed by atoms with Crippen LogP contribution in [-0.4, -0.2) is 18.2 Å². The Morgan fingerprint density at radius 1 is 1.12 bits per heavy atom. The van der Waals surface area contributed by atoms with Gasteiger partial charge in [-0.25, -0.2) is 4.79 Å². The van der Waals surface area contributed by atoms with Crippen LogP contribution in [0.3, 0.4) is 0 Å². The van der Waals surface area contributed by atoms with Crippen molar-refractivity contribution in [1.29, 1.82) is 0 Å². The average Bonchev–Trinajstić information content (AvgIpc) is 2.59. The predicted octanol–water partition coefficient (Wildman–Crippen LogP) is 4.56. The number of rotatable bonds is 6. The third kappa shape index (κ3) is 5.06. The van der Waals surface area contributed by atoms with Crippen LogP contribution < -0.4 is 10.6 Å². The Balaban J connectivity index is 1.36. The van der Waals surface area contributed by atoms with Crippen molar-refractivity contribution in [2.75, 3.05) is 0 Å². The summed E-state index contributed by atoms with van der Waals surface area (Å²) in [5.74, 6) is 0. The highest BCUT2D eigenvalue weighted by atomic mass is 79.9. The van der Waals surface area contributed by atoms with E-state index in [9.17, 15) is 4.79 Å². The van der Waals surface area contributed by atoms with Crippen LogP contribution in [0, 0.1) is 0 Å². The normalized spacial score (nSPS) is 20.4. The number of carbonyl (C=O) groups excluding carboxylic acids is 1. The molecule has 2 N–H and O–H groups in total. The Labute approximate surface area is 157 Å². The molecule has 1 unspecified atom stereocenters. The number of carbonyl (C=O) groups is 1. The maximum absolute atomic E-state index is 11.9. The minimum Gasteiger partial charge on any atom is -0.445 e. The second kappa shape index (κ2) is 8.50. The largest absolute Gasteiger partial charge is 0.445 e. The maximum Gasteiger partial charge on any atom is 0.407 e. The summed E-state index contributed by atoms with van der Waals surface area (Å²) in [5.41, 5.74) is 2.24. The van der Waals surface area contributed by atoms with Gasteiger partial charge in [-0.3, -0.25) is 0 Å². The second-order valence-electron chi connectivity index (χ2n) is 6.48. The van der Waals surface area contributed by atoms with Crippen molar-refractivity contribution in [3.63, 3.8) is 0 Å². The highest BCUT2D eigenvalue weighted by molar-refractivity contribution is 9.10. The number of benzene rings is 2. The minimum absolute atomic E-state index is 0.187. The lowest BCUT2D eigenvalue weighted by atomic mass is 9.86. The van der Waals surface area contributed by atoms with Crippen molar-refractivity contribution in [3.8, 4) is 0 Å². The Bertz CT molecular complexity index is 702. The Morgan fingerprint density at radius 3 is 2.52 bits per heavy atom. The highest BCUT2D eigenvalue weighted by Crippen LogP contribution is 2.27. The van der Waals surface area contributed by atoms with Gasteiger partial charge in [0.25, 0.3) is 0 Å². The van der Waals surface area contributed by atoms with E-state index in [2.05, 4.69) is 45.6 Å². The van der Waals surface area contributed by atoms with E-state index in [1.165, 1.54) is 5.56 Å². The fourth-order valence-corrected chi connectivity index (χ4v) is 3.70. The first-order valence-electron chi connectivity index (χ1n) is 8.59. The molecule has 2 aromatic rings. The summed E-state index contributed by atoms with van der Waals surface area (Å²) in [6, 6.07) is 18.8. The topological polar surface area (TPSA) is 50.4 Å². The summed E-state index contributed by atoms with van der Waals surface area (Å²) in [7, 11) is 0. The van der Waals surface area contributed by atoms with E-state index in [0.29, 0.717) is 12.6 Å². The molecule has 0 spiro atoms. The molecule has 1 aliphatic carbocycles. The molecule has 2 aromatic carbocycles. The molecule has 0 aromatic heterocycles. The lowest BCUT2D eigenvalue weighted by Crippen LogP contribution is -2.52. The summed E-state index contributed by atoms with van der Waals surface area (Å²) in [4.78, 5) is 11.9. The van der Waals surface area contributed by atoms with Crippen LogP contribution in [0.4, 0.5) is 4.79 Å². The van der Waals surface area contributed by atoms with Gasteiger partial charge in [-0.05, 0) is 37.0 Å². The number of amides is 1. The smallest absolute Gasteiger partial charge is 0.407 e. The van der Waals surface area contributed by atoms with Crippen LogP contribution >= 0.6 is 15.9 Å². The van der Waals surface area contributed by atoms with Crippen LogP contribution in [0.25, 0.3) is 0 Å². The molecule has 5 heteroatoms. The molecule has 1 saturated carbocycles. The van der Waals surface area contributed by atoms with Crippen LogP contribution in [0.5, 0.6) is 0 Å². The van der Waals surface area contributed by atoms with Gasteiger partial charge in [-0.1, -0.05) is 64.5 Å². The molecule has 0 saturated heterocycles. The van der Waals surface area contributed by atoms with Gasteiger partial charge in [-0.2, -0.15) is 0 Å². The van der Waals surface area contributed by atoms with E-state index >= 15 is 0 Å².